The fraction of sp³-hybridized carbons (Fsp3) is 0.836. The Labute approximate surface area is 472 Å². The zero-order valence-corrected chi connectivity index (χ0v) is 49.7. The number of rotatable bonds is 32. The summed E-state index contributed by atoms with van der Waals surface area (Å²) in [6.45, 7) is 24.1. The van der Waals surface area contributed by atoms with Crippen LogP contribution in [0.4, 0.5) is 0 Å². The molecule has 0 aromatic heterocycles. The summed E-state index contributed by atoms with van der Waals surface area (Å²) < 4.78 is 52.5. The van der Waals surface area contributed by atoms with E-state index in [1.807, 2.05) is 55.4 Å². The normalized spacial score (nSPS) is 29.2. The second kappa shape index (κ2) is 34.4. The lowest BCUT2D eigenvalue weighted by Crippen LogP contribution is -2.58. The Kier molecular flexibility index (Phi) is 29.8. The van der Waals surface area contributed by atoms with Crippen LogP contribution in [0.5, 0.6) is 0 Å². The molecule has 458 valence electrons. The van der Waals surface area contributed by atoms with Crippen LogP contribution in [0.25, 0.3) is 0 Å². The Bertz CT molecular complexity index is 1810. The maximum absolute atomic E-state index is 13.6. The van der Waals surface area contributed by atoms with Gasteiger partial charge in [-0.15, -0.1) is 0 Å². The van der Waals surface area contributed by atoms with Gasteiger partial charge in [0.15, 0.2) is 18.9 Å². The molecule has 3 rings (SSSR count). The van der Waals surface area contributed by atoms with Crippen LogP contribution in [-0.2, 0) is 85.8 Å². The highest BCUT2D eigenvalue weighted by molar-refractivity contribution is 5.78. The van der Waals surface area contributed by atoms with Crippen molar-refractivity contribution in [3.63, 3.8) is 0 Å². The van der Waals surface area contributed by atoms with Gasteiger partial charge in [-0.2, -0.15) is 0 Å². The Morgan fingerprint density at radius 1 is 0.425 bits per heavy atom. The minimum atomic E-state index is -0.897. The van der Waals surface area contributed by atoms with Crippen LogP contribution in [-0.4, -0.2) is 180 Å². The van der Waals surface area contributed by atoms with Gasteiger partial charge in [-0.3, -0.25) is 43.2 Å². The molecule has 0 bridgehead atoms. The molecule has 6 unspecified atom stereocenters. The SMILES string of the molecule is CC(=O)NC1[C@H](OCCNC(=O)CCC(CCC(=O)NCCO[C@@H]2OC(COC(C)=O)[C@H](C)[C@H](C)C2NC(C)=O)(CCC(=O)NCCO[C@@H]2OC(COC(C)=O)[C@H](C)[C@H](C)C2NC(C)=O)NC(C)C)OC(COC(C)=O)[C@H](C)[C@@H]1C. The summed E-state index contributed by atoms with van der Waals surface area (Å²) in [5.41, 5.74) is -0.897. The Morgan fingerprint density at radius 3 is 0.912 bits per heavy atom. The van der Waals surface area contributed by atoms with Gasteiger partial charge in [-0.25, -0.2) is 0 Å². The van der Waals surface area contributed by atoms with Gasteiger partial charge >= 0.3 is 17.9 Å². The number of ether oxygens (including phenoxy) is 9. The quantitative estimate of drug-likeness (QED) is 0.0286. The van der Waals surface area contributed by atoms with E-state index in [0.717, 1.165) is 0 Å². The van der Waals surface area contributed by atoms with Crippen LogP contribution in [0.2, 0.25) is 0 Å². The van der Waals surface area contributed by atoms with Crippen molar-refractivity contribution in [3.8, 4) is 0 Å². The van der Waals surface area contributed by atoms with Crippen molar-refractivity contribution in [1.82, 2.24) is 37.2 Å². The summed E-state index contributed by atoms with van der Waals surface area (Å²) in [6.07, 6.45) is -3.40. The van der Waals surface area contributed by atoms with Crippen LogP contribution >= 0.6 is 0 Å². The Morgan fingerprint density at radius 2 is 0.688 bits per heavy atom. The fourth-order valence-corrected chi connectivity index (χ4v) is 10.4. The zero-order chi connectivity index (χ0) is 59.9. The van der Waals surface area contributed by atoms with Crippen molar-refractivity contribution in [1.29, 1.82) is 0 Å². The summed E-state index contributed by atoms with van der Waals surface area (Å²) in [5.74, 6) is -3.68. The molecule has 7 N–H and O–H groups in total. The third-order valence-electron chi connectivity index (χ3n) is 15.4. The predicted octanol–water partition coefficient (Wildman–Crippen LogP) is 1.66. The number of nitrogens with one attached hydrogen (secondary N) is 7. The standard InChI is InChI=1S/C55H95N7O18/c1-30(2)62-55(18-15-46(69)56-21-24-72-52-49(59-37(9)63)34(6)31(3)43(78-52)27-75-40(12)66,19-16-47(70)57-22-25-73-53-50(60-38(10)64)35(7)32(4)44(79-53)28-76-41(13)67)20-17-48(71)58-23-26-74-54-51(61-39(11)65)36(8)33(5)45(80-54)29-77-42(14)68/h30-36,43-45,49-54,62H,15-29H2,1-14H3,(H,56,69)(H,57,70)(H,58,71)(H,59,63)(H,60,64)(H,61,65)/t31-,32-,33-,34+,35+,36+,43?,44?,45?,49?,50?,51?,52-,53-,54-,55?/m1/s1. The molecule has 3 saturated heterocycles. The maximum atomic E-state index is 13.6. The van der Waals surface area contributed by atoms with Crippen LogP contribution in [0.15, 0.2) is 0 Å². The first-order valence-electron chi connectivity index (χ1n) is 28.2. The van der Waals surface area contributed by atoms with Gasteiger partial charge in [0.1, 0.15) is 19.8 Å². The molecule has 3 heterocycles. The fourth-order valence-electron chi connectivity index (χ4n) is 10.4. The van der Waals surface area contributed by atoms with Crippen molar-refractivity contribution in [2.75, 3.05) is 59.3 Å². The van der Waals surface area contributed by atoms with Gasteiger partial charge in [0.05, 0.1) is 56.3 Å². The third-order valence-corrected chi connectivity index (χ3v) is 15.4. The Balaban J connectivity index is 1.71. The van der Waals surface area contributed by atoms with Crippen molar-refractivity contribution in [3.05, 3.63) is 0 Å². The van der Waals surface area contributed by atoms with Gasteiger partial charge in [0.2, 0.25) is 35.4 Å². The van der Waals surface area contributed by atoms with E-state index < -0.39 is 78.8 Å². The third kappa shape index (κ3) is 23.8. The first kappa shape index (κ1) is 69.2. The van der Waals surface area contributed by atoms with Gasteiger partial charge < -0.3 is 79.8 Å². The Hall–Kier alpha value is -5.05. The lowest BCUT2D eigenvalue weighted by atomic mass is 9.82. The predicted molar refractivity (Wildman–Crippen MR) is 289 cm³/mol. The molecular formula is C55H95N7O18. The number of hydrogen-bond acceptors (Lipinski definition) is 19. The van der Waals surface area contributed by atoms with Crippen molar-refractivity contribution < 1.29 is 85.8 Å². The van der Waals surface area contributed by atoms with E-state index in [0.29, 0.717) is 0 Å². The van der Waals surface area contributed by atoms with E-state index in [9.17, 15) is 43.2 Å². The monoisotopic (exact) mass is 1140 g/mol. The number of amides is 6. The van der Waals surface area contributed by atoms with E-state index in [1.165, 1.54) is 41.5 Å². The van der Waals surface area contributed by atoms with Crippen LogP contribution in [0.3, 0.4) is 0 Å². The number of hydrogen-bond donors (Lipinski definition) is 7. The highest BCUT2D eigenvalue weighted by Crippen LogP contribution is 2.35. The zero-order valence-electron chi connectivity index (χ0n) is 49.7. The molecule has 3 fully saturated rings. The van der Waals surface area contributed by atoms with E-state index in [1.54, 1.807) is 0 Å². The molecule has 15 atom stereocenters. The summed E-state index contributed by atoms with van der Waals surface area (Å²) >= 11 is 0. The molecule has 25 nitrogen and oxygen atoms in total. The number of esters is 3. The average molecular weight is 1140 g/mol. The number of carbonyl (C=O) groups excluding carboxylic acids is 9. The lowest BCUT2D eigenvalue weighted by Gasteiger charge is -2.44. The molecule has 0 aliphatic carbocycles. The summed E-state index contributed by atoms with van der Waals surface area (Å²) in [6, 6.07) is -1.66. The first-order valence-corrected chi connectivity index (χ1v) is 28.2. The molecule has 0 radical (unpaired) electrons. The lowest BCUT2D eigenvalue weighted by molar-refractivity contribution is -0.243. The molecule has 0 aromatic carbocycles. The topological polar surface area (TPSA) is 321 Å². The minimum Gasteiger partial charge on any atom is -0.463 e. The van der Waals surface area contributed by atoms with Crippen molar-refractivity contribution >= 4 is 53.4 Å². The molecule has 3 aliphatic heterocycles. The summed E-state index contributed by atoms with van der Waals surface area (Å²) in [7, 11) is 0. The molecular weight excluding hydrogens is 1050 g/mol. The summed E-state index contributed by atoms with van der Waals surface area (Å²) in [5, 5.41) is 21.0. The van der Waals surface area contributed by atoms with Gasteiger partial charge in [-0.05, 0) is 54.8 Å². The molecule has 0 aromatic rings. The van der Waals surface area contributed by atoms with Crippen molar-refractivity contribution in [2.45, 2.75) is 202 Å². The largest absolute Gasteiger partial charge is 0.463 e. The van der Waals surface area contributed by atoms with E-state index in [-0.39, 0.29) is 175 Å². The molecule has 80 heavy (non-hydrogen) atoms. The van der Waals surface area contributed by atoms with E-state index in [4.69, 9.17) is 42.6 Å². The summed E-state index contributed by atoms with van der Waals surface area (Å²) in [4.78, 5) is 112. The van der Waals surface area contributed by atoms with Crippen LogP contribution < -0.4 is 37.2 Å². The second-order valence-electron chi connectivity index (χ2n) is 22.1. The van der Waals surface area contributed by atoms with E-state index in [2.05, 4.69) is 37.2 Å². The second-order valence-corrected chi connectivity index (χ2v) is 22.1. The van der Waals surface area contributed by atoms with Crippen molar-refractivity contribution in [2.24, 2.45) is 35.5 Å². The van der Waals surface area contributed by atoms with E-state index >= 15 is 0 Å². The first-order chi connectivity index (χ1) is 37.6. The average Bonchev–Trinajstić information content (AvgIpc) is 3.37. The maximum Gasteiger partial charge on any atom is 0.302 e. The number of carbonyl (C=O) groups is 9. The molecule has 0 spiro atoms. The smallest absolute Gasteiger partial charge is 0.302 e. The van der Waals surface area contributed by atoms with Gasteiger partial charge in [0.25, 0.3) is 0 Å². The van der Waals surface area contributed by atoms with Crippen LogP contribution in [0, 0.1) is 35.5 Å². The molecule has 0 saturated carbocycles. The molecule has 6 amide bonds. The molecule has 25 heteroatoms. The highest BCUT2D eigenvalue weighted by atomic mass is 16.7. The molecule has 3 aliphatic rings. The minimum absolute atomic E-state index is 0.0107. The highest BCUT2D eigenvalue weighted by Gasteiger charge is 2.46. The van der Waals surface area contributed by atoms with Gasteiger partial charge in [-0.1, -0.05) is 55.4 Å². The van der Waals surface area contributed by atoms with Crippen LogP contribution in [0.1, 0.15) is 135 Å². The van der Waals surface area contributed by atoms with Gasteiger partial charge in [0, 0.05) is 92.0 Å².